The second kappa shape index (κ2) is 6.90. The van der Waals surface area contributed by atoms with Crippen LogP contribution in [0.25, 0.3) is 0 Å². The largest absolute Gasteiger partial charge is 0.372 e. The lowest BCUT2D eigenvalue weighted by Crippen LogP contribution is -2.14. The van der Waals surface area contributed by atoms with Gasteiger partial charge >= 0.3 is 6.80 Å². The van der Waals surface area contributed by atoms with E-state index in [2.05, 4.69) is 21.2 Å². The van der Waals surface area contributed by atoms with E-state index in [0.29, 0.717) is 5.69 Å². The number of carbonyl (C=O) groups excluding carboxylic acids is 1. The van der Waals surface area contributed by atoms with Crippen molar-refractivity contribution < 1.29 is 19.1 Å². The van der Waals surface area contributed by atoms with E-state index in [-0.39, 0.29) is 11.7 Å². The maximum atomic E-state index is 12.0. The molecule has 8 heteroatoms. The molecule has 0 saturated heterocycles. The van der Waals surface area contributed by atoms with Crippen LogP contribution in [0.3, 0.4) is 0 Å². The molecule has 19 heavy (non-hydrogen) atoms. The van der Waals surface area contributed by atoms with Gasteiger partial charge in [-0.3, -0.25) is 4.79 Å². The normalized spacial score (nSPS) is 14.3. The summed E-state index contributed by atoms with van der Waals surface area (Å²) in [6.07, 6.45) is 0. The van der Waals surface area contributed by atoms with E-state index in [1.54, 1.807) is 24.3 Å². The predicted molar refractivity (Wildman–Crippen MR) is 83.9 cm³/mol. The zero-order valence-electron chi connectivity index (χ0n) is 10.6. The molecule has 1 atom stereocenters. The van der Waals surface area contributed by atoms with E-state index in [1.807, 2.05) is 13.8 Å². The molecule has 1 unspecified atom stereocenters. The number of amides is 1. The first-order valence-electron chi connectivity index (χ1n) is 5.60. The highest BCUT2D eigenvalue weighted by atomic mass is 79.9. The first-order chi connectivity index (χ1) is 8.70. The summed E-state index contributed by atoms with van der Waals surface area (Å²) < 4.78 is 12.3. The van der Waals surface area contributed by atoms with E-state index in [4.69, 9.17) is 0 Å². The van der Waals surface area contributed by atoms with Crippen LogP contribution in [0, 0.1) is 5.92 Å². The highest BCUT2D eigenvalue weighted by Crippen LogP contribution is 2.64. The van der Waals surface area contributed by atoms with Gasteiger partial charge < -0.3 is 15.1 Å². The third-order valence-corrected chi connectivity index (χ3v) is 7.92. The average molecular weight is 370 g/mol. The fourth-order valence-corrected chi connectivity index (χ4v) is 5.68. The monoisotopic (exact) mass is 369 g/mol. The van der Waals surface area contributed by atoms with Crippen LogP contribution in [-0.4, -0.2) is 20.8 Å². The Labute approximate surface area is 123 Å². The molecule has 0 aliphatic rings. The van der Waals surface area contributed by atoms with Gasteiger partial charge in [-0.2, -0.15) is 0 Å². The van der Waals surface area contributed by atoms with Gasteiger partial charge in [0.25, 0.3) is 5.24 Å². The molecule has 0 aromatic heterocycles. The van der Waals surface area contributed by atoms with Gasteiger partial charge in [-0.15, -0.1) is 0 Å². The van der Waals surface area contributed by atoms with E-state index >= 15 is 0 Å². The van der Waals surface area contributed by atoms with Gasteiger partial charge in [0.1, 0.15) is 0 Å². The molecule has 1 rings (SSSR count). The molecule has 5 nitrogen and oxygen atoms in total. The second-order valence-corrected chi connectivity index (χ2v) is 11.0. The third kappa shape index (κ3) is 5.67. The summed E-state index contributed by atoms with van der Waals surface area (Å²) in [5, 5.41) is 1.97. The number of hydrogen-bond acceptors (Lipinski definition) is 2. The smallest absolute Gasteiger partial charge is 0.318 e. The molecule has 1 aromatic rings. The van der Waals surface area contributed by atoms with Gasteiger partial charge in [-0.1, -0.05) is 40.3 Å². The summed E-state index contributed by atoms with van der Waals surface area (Å²) >= 11 is 3.27. The Morgan fingerprint density at radius 3 is 2.32 bits per heavy atom. The van der Waals surface area contributed by atoms with Crippen LogP contribution in [0.1, 0.15) is 13.8 Å². The second-order valence-electron chi connectivity index (χ2n) is 4.43. The minimum absolute atomic E-state index is 0.0504. The summed E-state index contributed by atoms with van der Waals surface area (Å²) in [5.41, 5.74) is 0.526. The van der Waals surface area contributed by atoms with Crippen molar-refractivity contribution in [1.29, 1.82) is 0 Å². The Kier molecular flexibility index (Phi) is 6.08. The zero-order chi connectivity index (χ0) is 14.6. The summed E-state index contributed by atoms with van der Waals surface area (Å²) in [6, 6.07) is 6.84. The van der Waals surface area contributed by atoms with Crippen molar-refractivity contribution in [2.45, 2.75) is 13.8 Å². The molecule has 0 spiro atoms. The van der Waals surface area contributed by atoms with Crippen LogP contribution in [0.2, 0.25) is 0 Å². The van der Waals surface area contributed by atoms with Crippen molar-refractivity contribution >= 4 is 44.2 Å². The molecule has 1 aromatic carbocycles. The highest BCUT2D eigenvalue weighted by molar-refractivity contribution is 9.10. The first kappa shape index (κ1) is 16.7. The van der Waals surface area contributed by atoms with Crippen LogP contribution in [0.5, 0.6) is 0 Å². The van der Waals surface area contributed by atoms with Crippen LogP contribution in [0.4, 0.5) is 10.5 Å². The lowest BCUT2D eigenvalue weighted by molar-refractivity contribution is 0.269. The van der Waals surface area contributed by atoms with Crippen LogP contribution < -0.4 is 5.32 Å². The van der Waals surface area contributed by atoms with Crippen LogP contribution >= 0.6 is 33.2 Å². The number of benzene rings is 1. The van der Waals surface area contributed by atoms with E-state index in [0.717, 1.165) is 4.47 Å². The fraction of sp³-hybridized carbons (Fsp3) is 0.364. The van der Waals surface area contributed by atoms with Crippen LogP contribution in [-0.2, 0) is 4.57 Å². The maximum Gasteiger partial charge on any atom is 0.372 e. The Morgan fingerprint density at radius 1 is 1.37 bits per heavy atom. The first-order valence-corrected chi connectivity index (χ1v) is 10.2. The Morgan fingerprint density at radius 2 is 1.89 bits per heavy atom. The average Bonchev–Trinajstić information content (AvgIpc) is 2.27. The third-order valence-electron chi connectivity index (χ3n) is 2.18. The molecule has 108 valence electrons. The van der Waals surface area contributed by atoms with Gasteiger partial charge in [-0.25, -0.2) is 4.57 Å². The van der Waals surface area contributed by atoms with Crippen molar-refractivity contribution in [3.63, 3.8) is 0 Å². The zero-order valence-corrected chi connectivity index (χ0v) is 14.0. The molecule has 1 amide bonds. The van der Waals surface area contributed by atoms with Gasteiger partial charge in [0.2, 0.25) is 0 Å². The maximum absolute atomic E-state index is 12.0. The number of thiol groups is 1. The molecule has 0 aliphatic heterocycles. The lowest BCUT2D eigenvalue weighted by Gasteiger charge is -2.23. The van der Waals surface area contributed by atoms with Crippen molar-refractivity contribution in [2.75, 3.05) is 11.1 Å². The molecule has 3 N–H and O–H groups in total. The number of halogens is 1. The van der Waals surface area contributed by atoms with Crippen molar-refractivity contribution in [3.05, 3.63) is 28.7 Å². The molecule has 0 heterocycles. The molecular weight excluding hydrogens is 353 g/mol. The molecule has 0 radical (unpaired) electrons. The van der Waals surface area contributed by atoms with Crippen LogP contribution in [0.15, 0.2) is 28.7 Å². The van der Waals surface area contributed by atoms with Crippen molar-refractivity contribution in [3.8, 4) is 0 Å². The Hall–Kier alpha value is -0.330. The summed E-state index contributed by atoms with van der Waals surface area (Å²) in [5.74, 6) is 0.261. The molecule has 0 aliphatic carbocycles. The van der Waals surface area contributed by atoms with E-state index in [1.165, 1.54) is 0 Å². The summed E-state index contributed by atoms with van der Waals surface area (Å²) in [6.45, 7) is -0.726. The highest BCUT2D eigenvalue weighted by Gasteiger charge is 2.31. The number of carbonyl (C=O) groups is 1. The molecular formula is C11H17BrNO4PS. The fourth-order valence-electron chi connectivity index (χ4n) is 1.37. The Balaban J connectivity index is 2.83. The number of nitrogens with one attached hydrogen (secondary N) is 1. The topological polar surface area (TPSA) is 86.6 Å². The van der Waals surface area contributed by atoms with Gasteiger partial charge in [0, 0.05) is 10.2 Å². The predicted octanol–water partition coefficient (Wildman–Crippen LogP) is 3.73. The molecule has 0 saturated carbocycles. The quantitative estimate of drug-likeness (QED) is 0.481. The summed E-state index contributed by atoms with van der Waals surface area (Å²) in [4.78, 5) is 30.6. The standard InChI is InChI=1S/C11H17BrNO4PS/c1-8(2)7-19(18(15,16)17)11(14)13-10-5-3-9(12)4-6-10/h3-6,8,19H,7H2,1-2H3,(H,13,14)(H2,15,16,17). The van der Waals surface area contributed by atoms with Crippen molar-refractivity contribution in [1.82, 2.24) is 0 Å². The number of hydrogen-bond donors (Lipinski definition) is 4. The molecule has 0 bridgehead atoms. The number of rotatable bonds is 4. The lowest BCUT2D eigenvalue weighted by atomic mass is 10.3. The number of anilines is 1. The minimum Gasteiger partial charge on any atom is -0.318 e. The van der Waals surface area contributed by atoms with Gasteiger partial charge in [-0.05, 0) is 35.9 Å². The Bertz CT molecular complexity index is 488. The van der Waals surface area contributed by atoms with Gasteiger partial charge in [0.15, 0.2) is 0 Å². The van der Waals surface area contributed by atoms with E-state index < -0.39 is 22.6 Å². The van der Waals surface area contributed by atoms with Crippen molar-refractivity contribution in [2.24, 2.45) is 5.92 Å². The molecule has 0 fully saturated rings. The van der Waals surface area contributed by atoms with E-state index in [9.17, 15) is 19.1 Å². The van der Waals surface area contributed by atoms with Gasteiger partial charge in [0.05, 0.1) is 0 Å². The SMILES string of the molecule is CC(C)C[SH](C(=O)Nc1ccc(Br)cc1)P(=O)(O)O. The summed E-state index contributed by atoms with van der Waals surface area (Å²) in [7, 11) is -2.03. The minimum atomic E-state index is -4.39.